The SMILES string of the molecule is CCc1ccc(NC(=O)[C@@H](C)OC(=O)c2ccc(NS(=O)(=O)c3ccc(C)c([N+](=O)[O-])c3)cc2)cc1. The molecule has 0 unspecified atom stereocenters. The number of nitrogens with one attached hydrogen (secondary N) is 2. The van der Waals surface area contributed by atoms with E-state index in [-0.39, 0.29) is 21.8 Å². The fraction of sp³-hybridized carbons (Fsp3) is 0.200. The summed E-state index contributed by atoms with van der Waals surface area (Å²) in [6, 6.07) is 16.3. The first-order chi connectivity index (χ1) is 17.0. The fourth-order valence-electron chi connectivity index (χ4n) is 3.19. The molecule has 1 amide bonds. The van der Waals surface area contributed by atoms with Crippen LogP contribution in [0.4, 0.5) is 17.1 Å². The van der Waals surface area contributed by atoms with Gasteiger partial charge in [0.2, 0.25) is 0 Å². The predicted octanol–water partition coefficient (Wildman–Crippen LogP) is 4.45. The summed E-state index contributed by atoms with van der Waals surface area (Å²) in [5.41, 5.74) is 1.97. The number of esters is 1. The van der Waals surface area contributed by atoms with Crippen LogP contribution in [0.15, 0.2) is 71.6 Å². The minimum atomic E-state index is -4.11. The van der Waals surface area contributed by atoms with Crippen LogP contribution in [0.5, 0.6) is 0 Å². The second-order valence-corrected chi connectivity index (χ2v) is 9.66. The van der Waals surface area contributed by atoms with Gasteiger partial charge >= 0.3 is 5.97 Å². The van der Waals surface area contributed by atoms with Crippen molar-refractivity contribution >= 4 is 39.0 Å². The topological polar surface area (TPSA) is 145 Å². The Labute approximate surface area is 208 Å². The Balaban J connectivity index is 1.63. The monoisotopic (exact) mass is 511 g/mol. The van der Waals surface area contributed by atoms with Crippen LogP contribution < -0.4 is 10.0 Å². The summed E-state index contributed by atoms with van der Waals surface area (Å²) in [6.07, 6.45) is -0.199. The van der Waals surface area contributed by atoms with Crippen molar-refractivity contribution in [1.29, 1.82) is 0 Å². The van der Waals surface area contributed by atoms with Gasteiger partial charge in [-0.05, 0) is 68.3 Å². The summed E-state index contributed by atoms with van der Waals surface area (Å²) in [4.78, 5) is 35.0. The summed E-state index contributed by atoms with van der Waals surface area (Å²) in [5, 5.41) is 13.8. The number of nitrogens with zero attached hydrogens (tertiary/aromatic N) is 1. The molecule has 0 saturated carbocycles. The Kier molecular flexibility index (Phi) is 8.05. The molecule has 3 rings (SSSR count). The molecule has 0 fully saturated rings. The lowest BCUT2D eigenvalue weighted by Gasteiger charge is -2.14. The lowest BCUT2D eigenvalue weighted by atomic mass is 10.1. The van der Waals surface area contributed by atoms with Crippen LogP contribution >= 0.6 is 0 Å². The maximum absolute atomic E-state index is 12.6. The molecular weight excluding hydrogens is 486 g/mol. The van der Waals surface area contributed by atoms with Gasteiger partial charge in [-0.1, -0.05) is 25.1 Å². The Morgan fingerprint density at radius 1 is 1.00 bits per heavy atom. The number of carbonyl (C=O) groups excluding carboxylic acids is 2. The van der Waals surface area contributed by atoms with Crippen LogP contribution in [-0.2, 0) is 26.0 Å². The van der Waals surface area contributed by atoms with E-state index in [1.807, 2.05) is 19.1 Å². The number of nitro groups is 1. The van der Waals surface area contributed by atoms with Gasteiger partial charge in [0.05, 0.1) is 15.4 Å². The van der Waals surface area contributed by atoms with Crippen molar-refractivity contribution in [3.05, 3.63) is 93.5 Å². The van der Waals surface area contributed by atoms with Crippen LogP contribution in [-0.4, -0.2) is 31.3 Å². The van der Waals surface area contributed by atoms with Crippen LogP contribution in [0, 0.1) is 17.0 Å². The molecule has 10 nitrogen and oxygen atoms in total. The van der Waals surface area contributed by atoms with Crippen LogP contribution in [0.1, 0.15) is 35.3 Å². The number of ether oxygens (including phenoxy) is 1. The molecule has 3 aromatic carbocycles. The van der Waals surface area contributed by atoms with Gasteiger partial charge in [0, 0.05) is 23.0 Å². The van der Waals surface area contributed by atoms with Gasteiger partial charge in [-0.25, -0.2) is 13.2 Å². The second-order valence-electron chi connectivity index (χ2n) is 7.98. The van der Waals surface area contributed by atoms with Crippen molar-refractivity contribution in [2.24, 2.45) is 0 Å². The van der Waals surface area contributed by atoms with E-state index in [9.17, 15) is 28.1 Å². The third-order valence-corrected chi connectivity index (χ3v) is 6.72. The standard InChI is InChI=1S/C25H25N3O7S/c1-4-18-6-10-20(11-7-18)26-24(29)17(3)35-25(30)19-8-12-21(13-9-19)27-36(33,34)22-14-5-16(2)23(15-22)28(31)32/h5-15,17,27H,4H2,1-3H3,(H,26,29)/t17-/m1/s1. The summed E-state index contributed by atoms with van der Waals surface area (Å²) in [6.45, 7) is 4.97. The van der Waals surface area contributed by atoms with Gasteiger partial charge in [0.1, 0.15) is 0 Å². The smallest absolute Gasteiger partial charge is 0.338 e. The van der Waals surface area contributed by atoms with E-state index in [2.05, 4.69) is 10.0 Å². The minimum Gasteiger partial charge on any atom is -0.449 e. The number of hydrogen-bond acceptors (Lipinski definition) is 7. The van der Waals surface area contributed by atoms with Gasteiger partial charge in [-0.2, -0.15) is 0 Å². The number of rotatable bonds is 9. The van der Waals surface area contributed by atoms with E-state index in [0.29, 0.717) is 11.3 Å². The molecule has 0 aliphatic heterocycles. The highest BCUT2D eigenvalue weighted by molar-refractivity contribution is 7.92. The normalized spacial score (nSPS) is 11.9. The van der Waals surface area contributed by atoms with Gasteiger partial charge in [0.25, 0.3) is 21.6 Å². The number of carbonyl (C=O) groups is 2. The molecule has 0 aliphatic rings. The third kappa shape index (κ3) is 6.45. The Morgan fingerprint density at radius 3 is 2.19 bits per heavy atom. The number of amides is 1. The average molecular weight is 512 g/mol. The zero-order valence-corrected chi connectivity index (χ0v) is 20.7. The molecule has 0 radical (unpaired) electrons. The zero-order valence-electron chi connectivity index (χ0n) is 19.8. The van der Waals surface area contributed by atoms with Gasteiger partial charge in [0.15, 0.2) is 6.10 Å². The van der Waals surface area contributed by atoms with Crippen molar-refractivity contribution < 1.29 is 27.7 Å². The number of sulfonamides is 1. The summed E-state index contributed by atoms with van der Waals surface area (Å²) >= 11 is 0. The van der Waals surface area contributed by atoms with Crippen molar-refractivity contribution in [3.63, 3.8) is 0 Å². The average Bonchev–Trinajstić information content (AvgIpc) is 2.84. The molecule has 36 heavy (non-hydrogen) atoms. The lowest BCUT2D eigenvalue weighted by molar-refractivity contribution is -0.385. The zero-order chi connectivity index (χ0) is 26.5. The Morgan fingerprint density at radius 2 is 1.61 bits per heavy atom. The molecule has 3 aromatic rings. The second kappa shape index (κ2) is 11.0. The predicted molar refractivity (Wildman–Crippen MR) is 134 cm³/mol. The molecule has 0 saturated heterocycles. The van der Waals surface area contributed by atoms with E-state index >= 15 is 0 Å². The van der Waals surface area contributed by atoms with Crippen LogP contribution in [0.3, 0.4) is 0 Å². The van der Waals surface area contributed by atoms with Crippen molar-refractivity contribution in [2.75, 3.05) is 10.0 Å². The van der Waals surface area contributed by atoms with Gasteiger partial charge in [-0.15, -0.1) is 0 Å². The van der Waals surface area contributed by atoms with Gasteiger partial charge < -0.3 is 10.1 Å². The van der Waals surface area contributed by atoms with Crippen LogP contribution in [0.25, 0.3) is 0 Å². The molecule has 188 valence electrons. The van der Waals surface area contributed by atoms with Crippen molar-refractivity contribution in [2.45, 2.75) is 38.2 Å². The minimum absolute atomic E-state index is 0.107. The number of aryl methyl sites for hydroxylation is 2. The highest BCUT2D eigenvalue weighted by Crippen LogP contribution is 2.24. The molecule has 0 aliphatic carbocycles. The Bertz CT molecular complexity index is 1390. The van der Waals surface area contributed by atoms with E-state index in [4.69, 9.17) is 4.74 Å². The van der Waals surface area contributed by atoms with E-state index in [1.165, 1.54) is 50.2 Å². The first kappa shape index (κ1) is 26.4. The van der Waals surface area contributed by atoms with Crippen LogP contribution in [0.2, 0.25) is 0 Å². The number of benzene rings is 3. The first-order valence-corrected chi connectivity index (χ1v) is 12.5. The summed E-state index contributed by atoms with van der Waals surface area (Å²) < 4.78 is 32.8. The molecule has 11 heteroatoms. The lowest BCUT2D eigenvalue weighted by Crippen LogP contribution is -2.30. The van der Waals surface area contributed by atoms with E-state index < -0.39 is 32.9 Å². The summed E-state index contributed by atoms with van der Waals surface area (Å²) in [7, 11) is -4.11. The quantitative estimate of drug-likeness (QED) is 0.245. The van der Waals surface area contributed by atoms with E-state index in [0.717, 1.165) is 18.1 Å². The van der Waals surface area contributed by atoms with Crippen molar-refractivity contribution in [1.82, 2.24) is 0 Å². The Hall–Kier alpha value is -4.25. The highest BCUT2D eigenvalue weighted by Gasteiger charge is 2.21. The number of nitro benzene ring substituents is 1. The third-order valence-electron chi connectivity index (χ3n) is 5.34. The molecule has 2 N–H and O–H groups in total. The molecular formula is C25H25N3O7S. The molecule has 0 spiro atoms. The van der Waals surface area contributed by atoms with Crippen molar-refractivity contribution in [3.8, 4) is 0 Å². The molecule has 1 atom stereocenters. The first-order valence-electron chi connectivity index (χ1n) is 11.0. The molecule has 0 aromatic heterocycles. The fourth-order valence-corrected chi connectivity index (χ4v) is 4.27. The molecule has 0 heterocycles. The highest BCUT2D eigenvalue weighted by atomic mass is 32.2. The number of anilines is 2. The molecule has 0 bridgehead atoms. The maximum Gasteiger partial charge on any atom is 0.338 e. The maximum atomic E-state index is 12.6. The number of hydrogen-bond donors (Lipinski definition) is 2. The van der Waals surface area contributed by atoms with E-state index in [1.54, 1.807) is 12.1 Å². The summed E-state index contributed by atoms with van der Waals surface area (Å²) in [5.74, 6) is -1.26. The van der Waals surface area contributed by atoms with Gasteiger partial charge in [-0.3, -0.25) is 19.6 Å². The largest absolute Gasteiger partial charge is 0.449 e.